The van der Waals surface area contributed by atoms with Crippen LogP contribution in [-0.4, -0.2) is 24.8 Å². The van der Waals surface area contributed by atoms with E-state index >= 15 is 0 Å². The molecule has 130 valence electrons. The minimum Gasteiger partial charge on any atom is -0.388 e. The van der Waals surface area contributed by atoms with Crippen molar-refractivity contribution in [1.29, 1.82) is 0 Å². The first-order valence-corrected chi connectivity index (χ1v) is 8.58. The molecule has 0 saturated carbocycles. The minimum absolute atomic E-state index is 0.130. The fraction of sp³-hybridized carbons (Fsp3) is 0.250. The number of aromatic nitrogens is 4. The van der Waals surface area contributed by atoms with E-state index in [9.17, 15) is 9.90 Å². The molecule has 0 amide bonds. The monoisotopic (exact) mass is 424 g/mol. The van der Waals surface area contributed by atoms with E-state index in [4.69, 9.17) is 16.1 Å². The molecule has 0 unspecified atom stereocenters. The van der Waals surface area contributed by atoms with E-state index in [0.717, 1.165) is 0 Å². The highest BCUT2D eigenvalue weighted by molar-refractivity contribution is 9.10. The first-order valence-electron chi connectivity index (χ1n) is 7.41. The Labute approximate surface area is 156 Å². The van der Waals surface area contributed by atoms with Crippen molar-refractivity contribution in [1.82, 2.24) is 19.7 Å². The normalized spacial score (nSPS) is 12.3. The maximum absolute atomic E-state index is 12.1. The van der Waals surface area contributed by atoms with Crippen molar-refractivity contribution in [3.05, 3.63) is 73.4 Å². The molecule has 7 nitrogen and oxygen atoms in total. The molecular weight excluding hydrogens is 412 g/mol. The standard InChI is InChI=1S/C16H14BrClN4O3/c1-9-16(24)22(7-13(17)19-9)8-15-20-14(21-25-15)6-12(23)10-2-4-11(18)5-3-10/h2-5,7,12,23H,6,8H2,1H3/t12-/m0/s1. The third-order valence-electron chi connectivity index (χ3n) is 3.55. The van der Waals surface area contributed by atoms with Gasteiger partial charge in [0.1, 0.15) is 16.8 Å². The average molecular weight is 426 g/mol. The van der Waals surface area contributed by atoms with Crippen LogP contribution >= 0.6 is 27.5 Å². The Kier molecular flexibility index (Phi) is 5.31. The first kappa shape index (κ1) is 17.8. The van der Waals surface area contributed by atoms with E-state index in [1.165, 1.54) is 4.57 Å². The van der Waals surface area contributed by atoms with E-state index in [1.807, 2.05) is 0 Å². The number of aliphatic hydroxyl groups is 1. The lowest BCUT2D eigenvalue weighted by Crippen LogP contribution is -2.23. The van der Waals surface area contributed by atoms with Gasteiger partial charge in [-0.25, -0.2) is 4.98 Å². The molecule has 0 bridgehead atoms. The molecule has 3 rings (SSSR count). The number of hydrogen-bond acceptors (Lipinski definition) is 6. The van der Waals surface area contributed by atoms with Gasteiger partial charge in [0.25, 0.3) is 5.56 Å². The number of nitrogens with zero attached hydrogens (tertiary/aromatic N) is 4. The molecule has 0 spiro atoms. The lowest BCUT2D eigenvalue weighted by molar-refractivity contribution is 0.174. The summed E-state index contributed by atoms with van der Waals surface area (Å²) in [4.78, 5) is 20.3. The highest BCUT2D eigenvalue weighted by Crippen LogP contribution is 2.19. The predicted octanol–water partition coefficient (Wildman–Crippen LogP) is 2.68. The predicted molar refractivity (Wildman–Crippen MR) is 94.4 cm³/mol. The van der Waals surface area contributed by atoms with Crippen molar-refractivity contribution >= 4 is 27.5 Å². The quantitative estimate of drug-likeness (QED) is 0.675. The summed E-state index contributed by atoms with van der Waals surface area (Å²) >= 11 is 9.08. The SMILES string of the molecule is Cc1nc(Br)cn(Cc2nc(C[C@H](O)c3ccc(Cl)cc3)no2)c1=O. The van der Waals surface area contributed by atoms with Crippen LogP contribution in [0.25, 0.3) is 0 Å². The number of hydrogen-bond donors (Lipinski definition) is 1. The zero-order valence-electron chi connectivity index (χ0n) is 13.2. The summed E-state index contributed by atoms with van der Waals surface area (Å²) in [5.74, 6) is 0.633. The van der Waals surface area contributed by atoms with Crippen LogP contribution < -0.4 is 5.56 Å². The lowest BCUT2D eigenvalue weighted by Gasteiger charge is -2.08. The molecule has 0 saturated heterocycles. The van der Waals surface area contributed by atoms with Gasteiger partial charge in [-0.3, -0.25) is 4.79 Å². The van der Waals surface area contributed by atoms with Crippen molar-refractivity contribution in [2.75, 3.05) is 0 Å². The second-order valence-electron chi connectivity index (χ2n) is 5.46. The van der Waals surface area contributed by atoms with Gasteiger partial charge in [0.2, 0.25) is 5.89 Å². The Bertz CT molecular complexity index is 939. The van der Waals surface area contributed by atoms with Crippen molar-refractivity contribution in [3.8, 4) is 0 Å². The molecule has 0 fully saturated rings. The molecule has 2 heterocycles. The fourth-order valence-corrected chi connectivity index (χ4v) is 2.95. The molecular formula is C16H14BrClN4O3. The minimum atomic E-state index is -0.775. The van der Waals surface area contributed by atoms with Crippen LogP contribution in [0.3, 0.4) is 0 Å². The van der Waals surface area contributed by atoms with E-state index in [2.05, 4.69) is 31.1 Å². The van der Waals surface area contributed by atoms with Gasteiger partial charge in [-0.15, -0.1) is 0 Å². The van der Waals surface area contributed by atoms with Gasteiger partial charge in [-0.05, 0) is 40.5 Å². The van der Waals surface area contributed by atoms with Crippen LogP contribution in [0.4, 0.5) is 0 Å². The van der Waals surface area contributed by atoms with E-state index in [1.54, 1.807) is 37.4 Å². The van der Waals surface area contributed by atoms with E-state index in [-0.39, 0.29) is 24.4 Å². The van der Waals surface area contributed by atoms with Gasteiger partial charge in [-0.1, -0.05) is 28.9 Å². The van der Waals surface area contributed by atoms with Crippen molar-refractivity contribution in [2.24, 2.45) is 0 Å². The van der Waals surface area contributed by atoms with Crippen molar-refractivity contribution < 1.29 is 9.63 Å². The second-order valence-corrected chi connectivity index (χ2v) is 6.71. The molecule has 25 heavy (non-hydrogen) atoms. The third-order valence-corrected chi connectivity index (χ3v) is 4.19. The van der Waals surface area contributed by atoms with Gasteiger partial charge in [0.05, 0.1) is 6.10 Å². The molecule has 0 aliphatic rings. The summed E-state index contributed by atoms with van der Waals surface area (Å²) in [6.07, 6.45) is 0.976. The Morgan fingerprint density at radius 2 is 2.04 bits per heavy atom. The van der Waals surface area contributed by atoms with Crippen molar-refractivity contribution in [3.63, 3.8) is 0 Å². The fourth-order valence-electron chi connectivity index (χ4n) is 2.31. The number of halogens is 2. The van der Waals surface area contributed by atoms with E-state index in [0.29, 0.717) is 26.7 Å². The second kappa shape index (κ2) is 7.47. The number of aliphatic hydroxyl groups excluding tert-OH is 1. The van der Waals surface area contributed by atoms with Crippen LogP contribution in [0, 0.1) is 6.92 Å². The molecule has 0 radical (unpaired) electrons. The molecule has 2 aromatic heterocycles. The molecule has 1 aromatic carbocycles. The molecule has 1 atom stereocenters. The molecule has 9 heteroatoms. The summed E-state index contributed by atoms with van der Waals surface area (Å²) in [6.45, 7) is 1.76. The zero-order valence-corrected chi connectivity index (χ0v) is 15.5. The largest absolute Gasteiger partial charge is 0.388 e. The highest BCUT2D eigenvalue weighted by Gasteiger charge is 2.15. The van der Waals surface area contributed by atoms with Gasteiger partial charge in [0.15, 0.2) is 5.82 Å². The lowest BCUT2D eigenvalue weighted by atomic mass is 10.1. The Morgan fingerprint density at radius 3 is 2.76 bits per heavy atom. The summed E-state index contributed by atoms with van der Waals surface area (Å²) in [5, 5.41) is 14.7. The van der Waals surface area contributed by atoms with Gasteiger partial charge < -0.3 is 14.2 Å². The summed E-state index contributed by atoms with van der Waals surface area (Å²) in [7, 11) is 0. The number of rotatable bonds is 5. The highest BCUT2D eigenvalue weighted by atomic mass is 79.9. The van der Waals surface area contributed by atoms with E-state index < -0.39 is 6.10 Å². The van der Waals surface area contributed by atoms with Gasteiger partial charge in [-0.2, -0.15) is 4.98 Å². The molecule has 0 aliphatic carbocycles. The topological polar surface area (TPSA) is 94.0 Å². The maximum Gasteiger partial charge on any atom is 0.272 e. The molecule has 1 N–H and O–H groups in total. The summed E-state index contributed by atoms with van der Waals surface area (Å²) in [5.41, 5.74) is 0.845. The van der Waals surface area contributed by atoms with Gasteiger partial charge in [0, 0.05) is 17.6 Å². The van der Waals surface area contributed by atoms with Crippen LogP contribution in [0.15, 0.2) is 44.4 Å². The maximum atomic E-state index is 12.1. The number of aryl methyl sites for hydroxylation is 1. The first-order chi connectivity index (χ1) is 11.9. The average Bonchev–Trinajstić information content (AvgIpc) is 2.99. The Balaban J connectivity index is 1.72. The van der Waals surface area contributed by atoms with Crippen molar-refractivity contribution in [2.45, 2.75) is 26.0 Å². The Morgan fingerprint density at radius 1 is 1.32 bits per heavy atom. The number of benzene rings is 1. The molecule has 0 aliphatic heterocycles. The van der Waals surface area contributed by atoms with Crippen LogP contribution in [0.5, 0.6) is 0 Å². The zero-order chi connectivity index (χ0) is 18.0. The summed E-state index contributed by atoms with van der Waals surface area (Å²) < 4.78 is 7.14. The van der Waals surface area contributed by atoms with Crippen LogP contribution in [0.2, 0.25) is 5.02 Å². The van der Waals surface area contributed by atoms with Crippen LogP contribution in [0.1, 0.15) is 29.1 Å². The Hall–Kier alpha value is -2.03. The third kappa shape index (κ3) is 4.33. The summed E-state index contributed by atoms with van der Waals surface area (Å²) in [6, 6.07) is 6.89. The van der Waals surface area contributed by atoms with Gasteiger partial charge >= 0.3 is 0 Å². The van der Waals surface area contributed by atoms with Crippen LogP contribution in [-0.2, 0) is 13.0 Å². The molecule has 3 aromatic rings. The smallest absolute Gasteiger partial charge is 0.272 e.